The van der Waals surface area contributed by atoms with E-state index in [1.165, 1.54) is 30.3 Å². The van der Waals surface area contributed by atoms with Crippen molar-refractivity contribution in [2.45, 2.75) is 38.5 Å². The first kappa shape index (κ1) is 26.5. The standard InChI is InChI=1S/C28H29N3O4S/c1-4-5-17-35-26-12-7-6-11-22(26)18-23(19-29)28(32)30-24-13-15-25(16-14-24)36(33,34)31-27-20(2)9-8-10-21(27)3/h6-16,18,31H,4-5,17H2,1-3H3,(H,30,32). The van der Waals surface area contributed by atoms with Crippen LogP contribution < -0.4 is 14.8 Å². The number of hydrogen-bond donors (Lipinski definition) is 2. The van der Waals surface area contributed by atoms with Gasteiger partial charge in [-0.3, -0.25) is 9.52 Å². The Labute approximate surface area is 212 Å². The van der Waals surface area contributed by atoms with Crippen LogP contribution in [0, 0.1) is 25.2 Å². The molecule has 0 aliphatic carbocycles. The molecule has 0 saturated carbocycles. The SMILES string of the molecule is CCCCOc1ccccc1C=C(C#N)C(=O)Nc1ccc(S(=O)(=O)Nc2c(C)cccc2C)cc1. The minimum Gasteiger partial charge on any atom is -0.493 e. The van der Waals surface area contributed by atoms with Gasteiger partial charge in [-0.1, -0.05) is 49.7 Å². The summed E-state index contributed by atoms with van der Waals surface area (Å²) in [7, 11) is -3.82. The molecule has 0 radical (unpaired) electrons. The molecule has 3 rings (SSSR count). The molecule has 0 fully saturated rings. The van der Waals surface area contributed by atoms with Crippen LogP contribution in [-0.2, 0) is 14.8 Å². The molecule has 0 atom stereocenters. The van der Waals surface area contributed by atoms with Gasteiger partial charge in [0, 0.05) is 11.3 Å². The lowest BCUT2D eigenvalue weighted by atomic mass is 10.1. The molecule has 0 spiro atoms. The van der Waals surface area contributed by atoms with Gasteiger partial charge in [0.2, 0.25) is 0 Å². The summed E-state index contributed by atoms with van der Waals surface area (Å²) in [4.78, 5) is 12.8. The molecule has 3 aromatic rings. The zero-order valence-electron chi connectivity index (χ0n) is 20.5. The number of para-hydroxylation sites is 2. The predicted molar refractivity (Wildman–Crippen MR) is 142 cm³/mol. The number of carbonyl (C=O) groups excluding carboxylic acids is 1. The quantitative estimate of drug-likeness (QED) is 0.206. The van der Waals surface area contributed by atoms with E-state index in [0.717, 1.165) is 24.0 Å². The highest BCUT2D eigenvalue weighted by Gasteiger charge is 2.17. The van der Waals surface area contributed by atoms with E-state index in [0.29, 0.717) is 29.3 Å². The first-order valence-corrected chi connectivity index (χ1v) is 13.1. The van der Waals surface area contributed by atoms with Crippen LogP contribution in [-0.4, -0.2) is 20.9 Å². The number of rotatable bonds is 10. The molecule has 186 valence electrons. The van der Waals surface area contributed by atoms with Crippen LogP contribution in [0.5, 0.6) is 5.75 Å². The summed E-state index contributed by atoms with van der Waals surface area (Å²) in [5.74, 6) is -0.0115. The number of nitriles is 1. The highest BCUT2D eigenvalue weighted by atomic mass is 32.2. The van der Waals surface area contributed by atoms with Crippen molar-refractivity contribution in [3.8, 4) is 11.8 Å². The van der Waals surface area contributed by atoms with Crippen LogP contribution in [0.25, 0.3) is 6.08 Å². The van der Waals surface area contributed by atoms with Crippen LogP contribution in [0.2, 0.25) is 0 Å². The van der Waals surface area contributed by atoms with Crippen LogP contribution in [0.1, 0.15) is 36.5 Å². The fourth-order valence-corrected chi connectivity index (χ4v) is 4.65. The Balaban J connectivity index is 1.75. The number of nitrogens with one attached hydrogen (secondary N) is 2. The number of nitrogens with zero attached hydrogens (tertiary/aromatic N) is 1. The van der Waals surface area contributed by atoms with Gasteiger partial charge < -0.3 is 10.1 Å². The monoisotopic (exact) mass is 503 g/mol. The van der Waals surface area contributed by atoms with Gasteiger partial charge in [-0.15, -0.1) is 0 Å². The third-order valence-corrected chi connectivity index (χ3v) is 6.85. The van der Waals surface area contributed by atoms with Crippen molar-refractivity contribution in [2.75, 3.05) is 16.6 Å². The van der Waals surface area contributed by atoms with Crippen molar-refractivity contribution in [3.63, 3.8) is 0 Å². The summed E-state index contributed by atoms with van der Waals surface area (Å²) in [5.41, 5.74) is 3.05. The summed E-state index contributed by atoms with van der Waals surface area (Å²) in [5, 5.41) is 12.2. The summed E-state index contributed by atoms with van der Waals surface area (Å²) in [6.07, 6.45) is 3.37. The van der Waals surface area contributed by atoms with Gasteiger partial charge in [-0.2, -0.15) is 5.26 Å². The minimum atomic E-state index is -3.82. The van der Waals surface area contributed by atoms with Crippen molar-refractivity contribution in [2.24, 2.45) is 0 Å². The van der Waals surface area contributed by atoms with E-state index < -0.39 is 15.9 Å². The second-order valence-electron chi connectivity index (χ2n) is 8.26. The lowest BCUT2D eigenvalue weighted by Crippen LogP contribution is -2.16. The average molecular weight is 504 g/mol. The van der Waals surface area contributed by atoms with E-state index >= 15 is 0 Å². The number of amides is 1. The fourth-order valence-electron chi connectivity index (χ4n) is 3.45. The van der Waals surface area contributed by atoms with E-state index in [9.17, 15) is 18.5 Å². The number of carbonyl (C=O) groups is 1. The minimum absolute atomic E-state index is 0.0531. The van der Waals surface area contributed by atoms with Gasteiger partial charge in [0.15, 0.2) is 0 Å². The Morgan fingerprint density at radius 1 is 1.00 bits per heavy atom. The lowest BCUT2D eigenvalue weighted by Gasteiger charge is -2.13. The number of unbranched alkanes of at least 4 members (excludes halogenated alkanes) is 1. The summed E-state index contributed by atoms with van der Waals surface area (Å²) in [6.45, 7) is 6.28. The largest absolute Gasteiger partial charge is 0.493 e. The second-order valence-corrected chi connectivity index (χ2v) is 9.94. The van der Waals surface area contributed by atoms with Crippen LogP contribution >= 0.6 is 0 Å². The topological polar surface area (TPSA) is 108 Å². The Bertz CT molecular complexity index is 1390. The maximum Gasteiger partial charge on any atom is 0.266 e. The maximum absolute atomic E-state index is 12.9. The molecule has 0 saturated heterocycles. The van der Waals surface area contributed by atoms with E-state index in [-0.39, 0.29) is 10.5 Å². The molecule has 0 aliphatic heterocycles. The first-order chi connectivity index (χ1) is 17.2. The maximum atomic E-state index is 12.9. The molecule has 0 aromatic heterocycles. The first-order valence-electron chi connectivity index (χ1n) is 11.6. The van der Waals surface area contributed by atoms with Crippen LogP contribution in [0.15, 0.2) is 77.2 Å². The van der Waals surface area contributed by atoms with Crippen molar-refractivity contribution < 1.29 is 17.9 Å². The molecule has 0 aliphatic rings. The second kappa shape index (κ2) is 12.0. The molecular formula is C28H29N3O4S. The number of ether oxygens (including phenoxy) is 1. The molecule has 0 unspecified atom stereocenters. The predicted octanol–water partition coefficient (Wildman–Crippen LogP) is 5.83. The third kappa shape index (κ3) is 6.74. The fraction of sp³-hybridized carbons (Fsp3) is 0.214. The number of anilines is 2. The molecule has 8 heteroatoms. The third-order valence-electron chi connectivity index (χ3n) is 5.48. The number of aryl methyl sites for hydroxylation is 2. The zero-order valence-corrected chi connectivity index (χ0v) is 21.4. The number of sulfonamides is 1. The summed E-state index contributed by atoms with van der Waals surface area (Å²) in [6, 6.07) is 20.4. The highest BCUT2D eigenvalue weighted by Crippen LogP contribution is 2.25. The Morgan fingerprint density at radius 3 is 2.31 bits per heavy atom. The van der Waals surface area contributed by atoms with E-state index in [1.54, 1.807) is 18.2 Å². The lowest BCUT2D eigenvalue weighted by molar-refractivity contribution is -0.112. The van der Waals surface area contributed by atoms with Gasteiger partial charge >= 0.3 is 0 Å². The van der Waals surface area contributed by atoms with E-state index in [2.05, 4.69) is 17.0 Å². The van der Waals surface area contributed by atoms with Crippen molar-refractivity contribution >= 4 is 33.4 Å². The van der Waals surface area contributed by atoms with Crippen molar-refractivity contribution in [3.05, 3.63) is 89.0 Å². The van der Waals surface area contributed by atoms with Gasteiger partial charge in [-0.05, 0) is 67.8 Å². The van der Waals surface area contributed by atoms with Gasteiger partial charge in [0.1, 0.15) is 17.4 Å². The Kier molecular flexibility index (Phi) is 8.87. The van der Waals surface area contributed by atoms with Crippen molar-refractivity contribution in [1.82, 2.24) is 0 Å². The molecular weight excluding hydrogens is 474 g/mol. The Morgan fingerprint density at radius 2 is 1.67 bits per heavy atom. The summed E-state index contributed by atoms with van der Waals surface area (Å²) < 4.78 is 34.1. The van der Waals surface area contributed by atoms with E-state index in [4.69, 9.17) is 4.74 Å². The van der Waals surface area contributed by atoms with E-state index in [1.807, 2.05) is 44.2 Å². The molecule has 36 heavy (non-hydrogen) atoms. The van der Waals surface area contributed by atoms with Crippen LogP contribution in [0.4, 0.5) is 11.4 Å². The number of benzene rings is 3. The highest BCUT2D eigenvalue weighted by molar-refractivity contribution is 7.92. The summed E-state index contributed by atoms with van der Waals surface area (Å²) >= 11 is 0. The molecule has 0 heterocycles. The average Bonchev–Trinajstić information content (AvgIpc) is 2.86. The van der Waals surface area contributed by atoms with Gasteiger partial charge in [0.25, 0.3) is 15.9 Å². The molecule has 0 bridgehead atoms. The smallest absolute Gasteiger partial charge is 0.266 e. The molecule has 2 N–H and O–H groups in total. The van der Waals surface area contributed by atoms with Crippen molar-refractivity contribution in [1.29, 1.82) is 5.26 Å². The Hall–Kier alpha value is -4.09. The number of hydrogen-bond acceptors (Lipinski definition) is 5. The zero-order chi connectivity index (χ0) is 26.1. The van der Waals surface area contributed by atoms with Gasteiger partial charge in [0.05, 0.1) is 17.2 Å². The van der Waals surface area contributed by atoms with Gasteiger partial charge in [-0.25, -0.2) is 8.42 Å². The van der Waals surface area contributed by atoms with Crippen LogP contribution in [0.3, 0.4) is 0 Å². The molecule has 7 nitrogen and oxygen atoms in total. The molecule has 3 aromatic carbocycles. The normalized spacial score (nSPS) is 11.4. The molecule has 1 amide bonds.